The van der Waals surface area contributed by atoms with E-state index in [0.29, 0.717) is 30.8 Å². The largest absolute Gasteiger partial charge is 0.368 e. The first-order chi connectivity index (χ1) is 20.4. The highest BCUT2D eigenvalue weighted by molar-refractivity contribution is 6.04. The molecule has 0 atom stereocenters. The Labute approximate surface area is 248 Å². The van der Waals surface area contributed by atoms with Crippen LogP contribution in [-0.4, -0.2) is 82.1 Å². The zero-order valence-corrected chi connectivity index (χ0v) is 24.9. The van der Waals surface area contributed by atoms with Crippen molar-refractivity contribution in [3.8, 4) is 0 Å². The van der Waals surface area contributed by atoms with E-state index in [1.165, 1.54) is 12.8 Å². The number of hydroxylamine groups is 1. The fourth-order valence-corrected chi connectivity index (χ4v) is 6.36. The minimum Gasteiger partial charge on any atom is -0.368 e. The number of allylic oxidation sites excluding steroid dienone is 1. The smallest absolute Gasteiger partial charge is 0.243 e. The van der Waals surface area contributed by atoms with Crippen molar-refractivity contribution in [2.75, 3.05) is 54.4 Å². The third-order valence-corrected chi connectivity index (χ3v) is 8.89. The van der Waals surface area contributed by atoms with E-state index < -0.39 is 0 Å². The minimum absolute atomic E-state index is 0.119. The zero-order valence-electron chi connectivity index (χ0n) is 24.9. The first-order valence-electron chi connectivity index (χ1n) is 15.4. The fraction of sp³-hybridized carbons (Fsp3) is 0.581. The fourth-order valence-electron chi connectivity index (χ4n) is 6.36. The molecule has 5 rings (SSSR count). The number of carbonyl (C=O) groups excluding carboxylic acids is 2. The van der Waals surface area contributed by atoms with Gasteiger partial charge in [-0.2, -0.15) is 4.98 Å². The normalized spacial score (nSPS) is 17.9. The number of amides is 1. The maximum atomic E-state index is 12.4. The van der Waals surface area contributed by atoms with Crippen molar-refractivity contribution in [2.45, 2.75) is 77.7 Å². The van der Waals surface area contributed by atoms with Gasteiger partial charge in [0, 0.05) is 62.5 Å². The quantitative estimate of drug-likeness (QED) is 0.191. The van der Waals surface area contributed by atoms with Crippen LogP contribution in [0.1, 0.15) is 77.2 Å². The van der Waals surface area contributed by atoms with Gasteiger partial charge in [-0.3, -0.25) is 19.7 Å². The molecular weight excluding hydrogens is 532 g/mol. The van der Waals surface area contributed by atoms with Crippen molar-refractivity contribution in [1.29, 1.82) is 0 Å². The highest BCUT2D eigenvalue weighted by Gasteiger charge is 2.32. The number of anilines is 4. The number of carbonyl (C=O) groups is 2. The number of pyridine rings is 1. The van der Waals surface area contributed by atoms with Crippen LogP contribution in [0.2, 0.25) is 0 Å². The van der Waals surface area contributed by atoms with E-state index in [0.717, 1.165) is 99.5 Å². The third kappa shape index (κ3) is 7.25. The average Bonchev–Trinajstić information content (AvgIpc) is 3.54. The third-order valence-electron chi connectivity index (χ3n) is 8.89. The van der Waals surface area contributed by atoms with Gasteiger partial charge in [0.2, 0.25) is 11.9 Å². The highest BCUT2D eigenvalue weighted by Crippen LogP contribution is 2.38. The van der Waals surface area contributed by atoms with Gasteiger partial charge in [0.1, 0.15) is 11.6 Å². The van der Waals surface area contributed by atoms with Crippen LogP contribution in [0.3, 0.4) is 0 Å². The highest BCUT2D eigenvalue weighted by atomic mass is 16.5. The molecule has 2 aromatic heterocycles. The lowest BCUT2D eigenvalue weighted by Gasteiger charge is -2.36. The summed E-state index contributed by atoms with van der Waals surface area (Å²) in [6.07, 6.45) is 12.9. The van der Waals surface area contributed by atoms with Crippen LogP contribution in [0.15, 0.2) is 30.1 Å². The molecular formula is C31H44N8O3. The number of ketones is 1. The molecule has 11 nitrogen and oxygen atoms in total. The molecule has 42 heavy (non-hydrogen) atoms. The maximum absolute atomic E-state index is 12.4. The summed E-state index contributed by atoms with van der Waals surface area (Å²) >= 11 is 0. The van der Waals surface area contributed by atoms with Gasteiger partial charge in [-0.15, -0.1) is 0 Å². The lowest BCUT2D eigenvalue weighted by atomic mass is 9.94. The number of nitrogens with one attached hydrogen (secondary N) is 2. The number of piperazine rings is 1. The Kier molecular flexibility index (Phi) is 10.0. The first-order valence-corrected chi connectivity index (χ1v) is 15.4. The van der Waals surface area contributed by atoms with Crippen molar-refractivity contribution >= 4 is 40.5 Å². The molecule has 0 aromatic carbocycles. The summed E-state index contributed by atoms with van der Waals surface area (Å²) in [5.41, 5.74) is 5.58. The van der Waals surface area contributed by atoms with Gasteiger partial charge in [0.05, 0.1) is 11.9 Å². The molecule has 0 unspecified atom stereocenters. The minimum atomic E-state index is -0.305. The first kappa shape index (κ1) is 29.9. The van der Waals surface area contributed by atoms with E-state index in [9.17, 15) is 9.59 Å². The lowest BCUT2D eigenvalue weighted by Crippen LogP contribution is -2.46. The van der Waals surface area contributed by atoms with Crippen molar-refractivity contribution in [1.82, 2.24) is 25.3 Å². The molecule has 2 aromatic rings. The molecule has 4 heterocycles. The molecule has 2 aliphatic heterocycles. The summed E-state index contributed by atoms with van der Waals surface area (Å²) in [5, 5.41) is 11.8. The van der Waals surface area contributed by atoms with Gasteiger partial charge in [0.15, 0.2) is 5.78 Å². The van der Waals surface area contributed by atoms with Gasteiger partial charge in [0.25, 0.3) is 0 Å². The molecule has 3 N–H and O–H groups in total. The van der Waals surface area contributed by atoms with E-state index in [4.69, 9.17) is 10.2 Å². The molecule has 0 radical (unpaired) electrons. The molecule has 1 amide bonds. The molecule has 0 spiro atoms. The maximum Gasteiger partial charge on any atom is 0.243 e. The van der Waals surface area contributed by atoms with Crippen LogP contribution in [0.4, 0.5) is 23.3 Å². The number of nitrogens with zero attached hydrogens (tertiary/aromatic N) is 6. The second kappa shape index (κ2) is 14.1. The van der Waals surface area contributed by atoms with Gasteiger partial charge < -0.3 is 15.1 Å². The number of hydrogen-bond acceptors (Lipinski definition) is 10. The van der Waals surface area contributed by atoms with Gasteiger partial charge in [-0.05, 0) is 63.8 Å². The second-order valence-electron chi connectivity index (χ2n) is 11.7. The lowest BCUT2D eigenvalue weighted by molar-refractivity contribution is -0.129. The number of unbranched alkanes of at least 4 members (excludes halogenated alkanes) is 3. The summed E-state index contributed by atoms with van der Waals surface area (Å²) in [6.45, 7) is 9.31. The molecule has 3 aliphatic rings. The van der Waals surface area contributed by atoms with Crippen LogP contribution in [0.5, 0.6) is 0 Å². The molecule has 1 saturated carbocycles. The van der Waals surface area contributed by atoms with Crippen LogP contribution >= 0.6 is 0 Å². The standard InChI is InChI=1S/C31H44N8O3/c1-22-26-20-33-31(35-30(26)39(21-27(22)23(2)40)24-9-6-7-10-24)34-28-13-12-25(19-32-28)38-17-15-37(16-18-38)14-8-4-3-5-11-29(41)36-42/h12-13,19-20,24,42H,3-11,14-18,21H2,1-2H3,(H,36,41)(H,32,33,34,35). The monoisotopic (exact) mass is 576 g/mol. The predicted octanol–water partition coefficient (Wildman–Crippen LogP) is 4.32. The van der Waals surface area contributed by atoms with E-state index in [-0.39, 0.29) is 11.7 Å². The summed E-state index contributed by atoms with van der Waals surface area (Å²) in [4.78, 5) is 44.8. The Morgan fingerprint density at radius 2 is 1.76 bits per heavy atom. The van der Waals surface area contributed by atoms with Crippen LogP contribution < -0.4 is 20.6 Å². The molecule has 226 valence electrons. The van der Waals surface area contributed by atoms with Gasteiger partial charge in [-0.25, -0.2) is 15.4 Å². The SMILES string of the molecule is CC(=O)C1=C(C)c2cnc(Nc3ccc(N4CCN(CCCCCCC(=O)NO)CC4)cn3)nc2N(C2CCCC2)C1. The summed E-state index contributed by atoms with van der Waals surface area (Å²) in [5.74, 6) is 1.94. The Hall–Kier alpha value is -3.57. The van der Waals surface area contributed by atoms with Crippen LogP contribution in [0.25, 0.3) is 5.57 Å². The predicted molar refractivity (Wildman–Crippen MR) is 164 cm³/mol. The number of Topliss-reactive ketones (excluding diaryl/α,β-unsaturated/α-hetero) is 1. The number of aromatic nitrogens is 3. The Morgan fingerprint density at radius 3 is 2.45 bits per heavy atom. The van der Waals surface area contributed by atoms with Crippen molar-refractivity contribution < 1.29 is 14.8 Å². The van der Waals surface area contributed by atoms with E-state index in [1.807, 2.05) is 25.4 Å². The Balaban J connectivity index is 1.14. The topological polar surface area (TPSA) is 127 Å². The van der Waals surface area contributed by atoms with Crippen molar-refractivity contribution in [2.24, 2.45) is 0 Å². The molecule has 0 bridgehead atoms. The Morgan fingerprint density at radius 1 is 1.00 bits per heavy atom. The number of fused-ring (bicyclic) bond motifs is 1. The molecule has 1 saturated heterocycles. The van der Waals surface area contributed by atoms with Crippen molar-refractivity contribution in [3.05, 3.63) is 35.7 Å². The Bertz CT molecular complexity index is 1270. The summed E-state index contributed by atoms with van der Waals surface area (Å²) in [7, 11) is 0. The molecule has 2 fully saturated rings. The van der Waals surface area contributed by atoms with Crippen LogP contribution in [0, 0.1) is 0 Å². The second-order valence-corrected chi connectivity index (χ2v) is 11.7. The number of hydrogen-bond donors (Lipinski definition) is 3. The summed E-state index contributed by atoms with van der Waals surface area (Å²) in [6, 6.07) is 4.48. The van der Waals surface area contributed by atoms with E-state index in [1.54, 1.807) is 12.4 Å². The van der Waals surface area contributed by atoms with Crippen LogP contribution in [-0.2, 0) is 9.59 Å². The van der Waals surface area contributed by atoms with Gasteiger partial charge in [-0.1, -0.05) is 25.7 Å². The van der Waals surface area contributed by atoms with E-state index in [2.05, 4.69) is 36.1 Å². The average molecular weight is 577 g/mol. The zero-order chi connectivity index (χ0) is 29.5. The molecule has 11 heteroatoms. The summed E-state index contributed by atoms with van der Waals surface area (Å²) < 4.78 is 0. The number of rotatable bonds is 12. The van der Waals surface area contributed by atoms with Crippen molar-refractivity contribution in [3.63, 3.8) is 0 Å². The van der Waals surface area contributed by atoms with Gasteiger partial charge >= 0.3 is 0 Å². The van der Waals surface area contributed by atoms with E-state index >= 15 is 0 Å². The molecule has 1 aliphatic carbocycles.